The molecule has 3 aliphatic rings. The van der Waals surface area contributed by atoms with Crippen LogP contribution in [0.3, 0.4) is 0 Å². The number of fused-ring (bicyclic) bond motifs is 1. The van der Waals surface area contributed by atoms with E-state index in [1.54, 1.807) is 31.3 Å². The molecule has 3 aromatic rings. The van der Waals surface area contributed by atoms with Gasteiger partial charge in [-0.2, -0.15) is 13.2 Å². The highest BCUT2D eigenvalue weighted by Crippen LogP contribution is 2.47. The second-order valence-electron chi connectivity index (χ2n) is 11.9. The van der Waals surface area contributed by atoms with E-state index in [1.165, 1.54) is 26.8 Å². The van der Waals surface area contributed by atoms with Crippen molar-refractivity contribution in [3.63, 3.8) is 0 Å². The quantitative estimate of drug-likeness (QED) is 0.237. The molecule has 0 aliphatic carbocycles. The molecule has 0 N–H and O–H groups in total. The Kier molecular flexibility index (Phi) is 7.85. The van der Waals surface area contributed by atoms with E-state index < -0.39 is 35.3 Å². The fourth-order valence-corrected chi connectivity index (χ4v) is 6.16. The van der Waals surface area contributed by atoms with Gasteiger partial charge in [0.2, 0.25) is 0 Å². The summed E-state index contributed by atoms with van der Waals surface area (Å²) in [6.45, 7) is 2.98. The van der Waals surface area contributed by atoms with Crippen LogP contribution in [-0.4, -0.2) is 64.6 Å². The van der Waals surface area contributed by atoms with Crippen LogP contribution >= 0.6 is 0 Å². The van der Waals surface area contributed by atoms with Crippen molar-refractivity contribution in [2.24, 2.45) is 13.0 Å². The average molecular weight is 616 g/mol. The maximum absolute atomic E-state index is 15.9. The lowest BCUT2D eigenvalue weighted by molar-refractivity contribution is -0.138. The van der Waals surface area contributed by atoms with E-state index in [0.29, 0.717) is 42.9 Å². The van der Waals surface area contributed by atoms with Crippen LogP contribution in [0, 0.1) is 5.92 Å². The first-order valence-corrected chi connectivity index (χ1v) is 14.6. The normalized spacial score (nSPS) is 18.5. The number of likely N-dealkylation sites (tertiary alicyclic amines) is 1. The SMILES string of the molecule is CCCCOC(=O)N1CC(Cc2cc3c(c(C(F)(F)F)c2)CN(c2cccc(C4(C(F)c5nncn5C)COC4)c2)C3=O)C1. The van der Waals surface area contributed by atoms with E-state index in [1.807, 2.05) is 6.92 Å². The number of anilines is 1. The lowest BCUT2D eigenvalue weighted by Crippen LogP contribution is -2.51. The number of unbranched alkanes of at least 4 members (excludes halogenated alkanes) is 1. The van der Waals surface area contributed by atoms with Crippen LogP contribution in [0.25, 0.3) is 0 Å². The molecule has 234 valence electrons. The van der Waals surface area contributed by atoms with E-state index in [2.05, 4.69) is 10.2 Å². The molecular weight excluding hydrogens is 582 g/mol. The highest BCUT2D eigenvalue weighted by Gasteiger charge is 2.51. The number of rotatable bonds is 9. The zero-order valence-electron chi connectivity index (χ0n) is 24.4. The third kappa shape index (κ3) is 5.31. The molecule has 1 atom stereocenters. The number of amides is 2. The van der Waals surface area contributed by atoms with Gasteiger partial charge in [0.05, 0.1) is 37.3 Å². The molecule has 0 bridgehead atoms. The lowest BCUT2D eigenvalue weighted by Gasteiger charge is -2.43. The van der Waals surface area contributed by atoms with E-state index in [-0.39, 0.29) is 42.6 Å². The number of hydrogen-bond acceptors (Lipinski definition) is 6. The molecule has 1 unspecified atom stereocenters. The van der Waals surface area contributed by atoms with E-state index in [4.69, 9.17) is 9.47 Å². The minimum atomic E-state index is -4.67. The molecule has 0 radical (unpaired) electrons. The van der Waals surface area contributed by atoms with Gasteiger partial charge in [0.15, 0.2) is 12.0 Å². The predicted octanol–water partition coefficient (Wildman–Crippen LogP) is 5.38. The number of benzene rings is 2. The molecule has 4 heterocycles. The van der Waals surface area contributed by atoms with Gasteiger partial charge < -0.3 is 23.8 Å². The average Bonchev–Trinajstić information content (AvgIpc) is 3.52. The predicted molar refractivity (Wildman–Crippen MR) is 151 cm³/mol. The van der Waals surface area contributed by atoms with Crippen molar-refractivity contribution in [1.82, 2.24) is 19.7 Å². The number of nitrogens with zero attached hydrogens (tertiary/aromatic N) is 5. The van der Waals surface area contributed by atoms with Gasteiger partial charge in [0.25, 0.3) is 5.91 Å². The summed E-state index contributed by atoms with van der Waals surface area (Å²) in [5.41, 5.74) is -0.697. The van der Waals surface area contributed by atoms with Crippen LogP contribution in [0.4, 0.5) is 28.0 Å². The van der Waals surface area contributed by atoms with Crippen LogP contribution in [0.15, 0.2) is 42.7 Å². The Bertz CT molecular complexity index is 1560. The zero-order valence-corrected chi connectivity index (χ0v) is 24.4. The van der Waals surface area contributed by atoms with Gasteiger partial charge in [-0.05, 0) is 59.7 Å². The van der Waals surface area contributed by atoms with Crippen molar-refractivity contribution in [3.8, 4) is 0 Å². The van der Waals surface area contributed by atoms with Gasteiger partial charge in [0, 0.05) is 31.4 Å². The first-order chi connectivity index (χ1) is 21.0. The highest BCUT2D eigenvalue weighted by molar-refractivity contribution is 6.10. The minimum Gasteiger partial charge on any atom is -0.449 e. The molecule has 2 fully saturated rings. The van der Waals surface area contributed by atoms with Gasteiger partial charge in [-0.25, -0.2) is 9.18 Å². The van der Waals surface area contributed by atoms with Crippen molar-refractivity contribution in [3.05, 3.63) is 76.4 Å². The Hall–Kier alpha value is -4.00. The number of carbonyl (C=O) groups excluding carboxylic acids is 2. The lowest BCUT2D eigenvalue weighted by atomic mass is 9.74. The Morgan fingerprint density at radius 3 is 2.61 bits per heavy atom. The summed E-state index contributed by atoms with van der Waals surface area (Å²) in [5.74, 6) is -0.461. The van der Waals surface area contributed by atoms with Crippen molar-refractivity contribution < 1.29 is 36.6 Å². The summed E-state index contributed by atoms with van der Waals surface area (Å²) >= 11 is 0. The third-order valence-electron chi connectivity index (χ3n) is 8.78. The minimum absolute atomic E-state index is 0.000438. The molecule has 0 saturated carbocycles. The molecule has 6 rings (SSSR count). The number of aromatic nitrogens is 3. The van der Waals surface area contributed by atoms with Crippen LogP contribution in [0.2, 0.25) is 0 Å². The number of aryl methyl sites for hydroxylation is 1. The number of carbonyl (C=O) groups is 2. The van der Waals surface area contributed by atoms with Gasteiger partial charge >= 0.3 is 12.3 Å². The Morgan fingerprint density at radius 1 is 1.20 bits per heavy atom. The number of halogens is 4. The van der Waals surface area contributed by atoms with Crippen LogP contribution in [0.1, 0.15) is 64.4 Å². The van der Waals surface area contributed by atoms with Crippen molar-refractivity contribution in [2.75, 3.05) is 37.8 Å². The summed E-state index contributed by atoms with van der Waals surface area (Å²) in [7, 11) is 1.64. The van der Waals surface area contributed by atoms with E-state index in [9.17, 15) is 22.8 Å². The Labute approximate surface area is 251 Å². The van der Waals surface area contributed by atoms with Crippen molar-refractivity contribution >= 4 is 17.7 Å². The van der Waals surface area contributed by atoms with Gasteiger partial charge in [-0.1, -0.05) is 25.5 Å². The number of ether oxygens (including phenoxy) is 2. The van der Waals surface area contributed by atoms with E-state index in [0.717, 1.165) is 18.9 Å². The Balaban J connectivity index is 1.23. The molecule has 2 amide bonds. The number of alkyl halides is 4. The molecule has 1 aromatic heterocycles. The Morgan fingerprint density at radius 2 is 1.98 bits per heavy atom. The third-order valence-corrected chi connectivity index (χ3v) is 8.78. The van der Waals surface area contributed by atoms with Crippen molar-refractivity contribution in [1.29, 1.82) is 0 Å². The summed E-state index contributed by atoms with van der Waals surface area (Å²) in [6, 6.07) is 9.31. The van der Waals surface area contributed by atoms with Gasteiger partial charge in [-0.15, -0.1) is 10.2 Å². The molecule has 0 spiro atoms. The topological polar surface area (TPSA) is 89.8 Å². The monoisotopic (exact) mass is 615 g/mol. The molecule has 2 saturated heterocycles. The maximum atomic E-state index is 15.9. The molecule has 44 heavy (non-hydrogen) atoms. The van der Waals surface area contributed by atoms with E-state index >= 15 is 4.39 Å². The van der Waals surface area contributed by atoms with Gasteiger partial charge in [0.1, 0.15) is 6.33 Å². The first-order valence-electron chi connectivity index (χ1n) is 14.6. The first kappa shape index (κ1) is 30.0. The zero-order chi connectivity index (χ0) is 31.2. The maximum Gasteiger partial charge on any atom is 0.416 e. The van der Waals surface area contributed by atoms with Crippen molar-refractivity contribution in [2.45, 2.75) is 50.5 Å². The fraction of sp³-hybridized carbons (Fsp3) is 0.484. The summed E-state index contributed by atoms with van der Waals surface area (Å²) < 4.78 is 70.9. The van der Waals surface area contributed by atoms with Crippen LogP contribution in [0.5, 0.6) is 0 Å². The smallest absolute Gasteiger partial charge is 0.416 e. The summed E-state index contributed by atoms with van der Waals surface area (Å²) in [6.07, 6.45) is -3.28. The second kappa shape index (κ2) is 11.5. The van der Waals surface area contributed by atoms with Gasteiger partial charge in [-0.3, -0.25) is 4.79 Å². The standard InChI is InChI=1S/C31H33F4N5O4/c1-3-4-8-44-29(42)39-13-20(14-39)9-19-10-23-24(25(11-19)31(33,34)35)15-40(28(23)41)22-7-5-6-21(12-22)30(16-43-17-30)26(32)27-37-36-18-38(27)2/h5-7,10-12,18,20,26H,3-4,8-9,13-17H2,1-2H3. The van der Waals surface area contributed by atoms with Crippen LogP contribution < -0.4 is 4.90 Å². The molecule has 9 nitrogen and oxygen atoms in total. The molecule has 13 heteroatoms. The fourth-order valence-electron chi connectivity index (χ4n) is 6.16. The molecule has 2 aromatic carbocycles. The second-order valence-corrected chi connectivity index (χ2v) is 11.9. The summed E-state index contributed by atoms with van der Waals surface area (Å²) in [4.78, 5) is 28.6. The summed E-state index contributed by atoms with van der Waals surface area (Å²) in [5, 5.41) is 7.69. The molecular formula is C31H33F4N5O4. The highest BCUT2D eigenvalue weighted by atomic mass is 19.4. The number of hydrogen-bond donors (Lipinski definition) is 0. The van der Waals surface area contributed by atoms with Crippen LogP contribution in [-0.2, 0) is 41.1 Å². The molecule has 3 aliphatic heterocycles. The largest absolute Gasteiger partial charge is 0.449 e.